The van der Waals surface area contributed by atoms with Crippen LogP contribution in [0, 0.1) is 0 Å². The molecule has 2 aliphatic rings. The van der Waals surface area contributed by atoms with Gasteiger partial charge in [-0.15, -0.1) is 11.6 Å². The lowest BCUT2D eigenvalue weighted by Crippen LogP contribution is -2.25. The minimum Gasteiger partial charge on any atom is -0.364 e. The Morgan fingerprint density at radius 2 is 1.93 bits per heavy atom. The van der Waals surface area contributed by atoms with Crippen LogP contribution in [0.1, 0.15) is 23.3 Å². The molecule has 0 N–H and O–H groups in total. The molecule has 1 aromatic rings. The van der Waals surface area contributed by atoms with Crippen LogP contribution in [0.3, 0.4) is 0 Å². The number of fused-ring (bicyclic) bond motifs is 5. The summed E-state index contributed by atoms with van der Waals surface area (Å²) in [4.78, 5) is 2.82. The van der Waals surface area contributed by atoms with Crippen LogP contribution < -0.4 is 0 Å². The lowest BCUT2D eigenvalue weighted by Gasteiger charge is -2.21. The maximum atomic E-state index is 8.46. The number of azide groups is 1. The van der Waals surface area contributed by atoms with Crippen LogP contribution in [0.25, 0.3) is 10.4 Å². The SMILES string of the molecule is [N-]=[N+]=N[C@H]1[C@@H](Cl)[C@H]2O[C@@H]1c1ccccc12. The van der Waals surface area contributed by atoms with Crippen molar-refractivity contribution in [1.82, 2.24) is 0 Å². The van der Waals surface area contributed by atoms with Gasteiger partial charge in [-0.25, -0.2) is 0 Å². The van der Waals surface area contributed by atoms with E-state index in [0.29, 0.717) is 0 Å². The van der Waals surface area contributed by atoms with E-state index in [2.05, 4.69) is 10.0 Å². The first-order valence-electron chi connectivity index (χ1n) is 4.75. The van der Waals surface area contributed by atoms with Crippen LogP contribution >= 0.6 is 11.6 Å². The second kappa shape index (κ2) is 3.14. The summed E-state index contributed by atoms with van der Waals surface area (Å²) in [6, 6.07) is 7.66. The van der Waals surface area contributed by atoms with Gasteiger partial charge in [0.25, 0.3) is 0 Å². The Hall–Kier alpha value is -1.22. The van der Waals surface area contributed by atoms with Crippen molar-refractivity contribution >= 4 is 11.6 Å². The van der Waals surface area contributed by atoms with Crippen LogP contribution in [0.15, 0.2) is 29.4 Å². The molecule has 5 heteroatoms. The Kier molecular flexibility index (Phi) is 1.89. The van der Waals surface area contributed by atoms with E-state index >= 15 is 0 Å². The smallest absolute Gasteiger partial charge is 0.101 e. The Bertz CT molecular complexity index is 458. The van der Waals surface area contributed by atoms with Crippen molar-refractivity contribution in [3.63, 3.8) is 0 Å². The monoisotopic (exact) mass is 221 g/mol. The Morgan fingerprint density at radius 3 is 2.60 bits per heavy atom. The predicted octanol–water partition coefficient (Wildman–Crippen LogP) is 3.10. The standard InChI is InChI=1S/C10H8ClN3O/c11-7-8(13-14-12)10-6-4-2-1-3-5(6)9(7)15-10/h1-4,7-10H/t7-,8+,9+,10-/m1/s1. The van der Waals surface area contributed by atoms with Crippen molar-refractivity contribution in [1.29, 1.82) is 0 Å². The fraction of sp³-hybridized carbons (Fsp3) is 0.400. The van der Waals surface area contributed by atoms with Crippen LogP contribution in [0.5, 0.6) is 0 Å². The lowest BCUT2D eigenvalue weighted by atomic mass is 9.88. The lowest BCUT2D eigenvalue weighted by molar-refractivity contribution is 0.0686. The molecule has 15 heavy (non-hydrogen) atoms. The van der Waals surface area contributed by atoms with Gasteiger partial charge in [0.05, 0.1) is 17.5 Å². The largest absolute Gasteiger partial charge is 0.364 e. The summed E-state index contributed by atoms with van der Waals surface area (Å²) in [7, 11) is 0. The summed E-state index contributed by atoms with van der Waals surface area (Å²) in [5, 5.41) is 3.46. The van der Waals surface area contributed by atoms with Gasteiger partial charge in [-0.3, -0.25) is 0 Å². The molecule has 0 radical (unpaired) electrons. The van der Waals surface area contributed by atoms with Crippen LogP contribution in [-0.4, -0.2) is 11.4 Å². The maximum absolute atomic E-state index is 8.46. The predicted molar refractivity (Wildman–Crippen MR) is 55.6 cm³/mol. The average Bonchev–Trinajstić information content (AvgIpc) is 2.78. The Labute approximate surface area is 91.4 Å². The Morgan fingerprint density at radius 1 is 1.27 bits per heavy atom. The highest BCUT2D eigenvalue weighted by Crippen LogP contribution is 2.53. The number of rotatable bonds is 1. The van der Waals surface area contributed by atoms with Crippen molar-refractivity contribution in [2.45, 2.75) is 23.6 Å². The molecule has 0 spiro atoms. The van der Waals surface area contributed by atoms with Gasteiger partial charge in [0.15, 0.2) is 0 Å². The van der Waals surface area contributed by atoms with E-state index in [9.17, 15) is 0 Å². The van der Waals surface area contributed by atoms with E-state index in [1.165, 1.54) is 0 Å². The summed E-state index contributed by atoms with van der Waals surface area (Å²) in [6.07, 6.45) is -0.284. The average molecular weight is 222 g/mol. The molecule has 2 bridgehead atoms. The maximum Gasteiger partial charge on any atom is 0.101 e. The second-order valence-corrected chi connectivity index (χ2v) is 4.25. The number of halogens is 1. The molecule has 4 nitrogen and oxygen atoms in total. The van der Waals surface area contributed by atoms with Crippen LogP contribution in [0.4, 0.5) is 0 Å². The van der Waals surface area contributed by atoms with E-state index < -0.39 is 0 Å². The van der Waals surface area contributed by atoms with Crippen molar-refractivity contribution in [3.8, 4) is 0 Å². The zero-order valence-corrected chi connectivity index (χ0v) is 8.50. The molecule has 0 unspecified atom stereocenters. The molecule has 1 aromatic carbocycles. The van der Waals surface area contributed by atoms with Crippen LogP contribution in [0.2, 0.25) is 0 Å². The molecular weight excluding hydrogens is 214 g/mol. The molecule has 1 fully saturated rings. The van der Waals surface area contributed by atoms with Crippen molar-refractivity contribution < 1.29 is 4.74 Å². The highest BCUT2D eigenvalue weighted by atomic mass is 35.5. The van der Waals surface area contributed by atoms with Gasteiger partial charge in [0.1, 0.15) is 6.10 Å². The second-order valence-electron chi connectivity index (χ2n) is 3.75. The summed E-state index contributed by atoms with van der Waals surface area (Å²) in [6.45, 7) is 0. The van der Waals surface area contributed by atoms with Gasteiger partial charge in [-0.05, 0) is 16.7 Å². The summed E-state index contributed by atoms with van der Waals surface area (Å²) in [5.41, 5.74) is 10.7. The van der Waals surface area contributed by atoms with Crippen LogP contribution in [-0.2, 0) is 4.74 Å². The number of hydrogen-bond acceptors (Lipinski definition) is 2. The third kappa shape index (κ3) is 1.10. The number of benzene rings is 1. The highest BCUT2D eigenvalue weighted by Gasteiger charge is 2.51. The Balaban J connectivity index is 2.10. The van der Waals surface area contributed by atoms with E-state index in [-0.39, 0.29) is 23.6 Å². The molecule has 4 atom stereocenters. The summed E-state index contributed by atoms with van der Waals surface area (Å²) < 4.78 is 5.72. The van der Waals surface area contributed by atoms with Gasteiger partial charge in [-0.1, -0.05) is 29.4 Å². The molecule has 0 aliphatic carbocycles. The molecule has 76 valence electrons. The number of hydrogen-bond donors (Lipinski definition) is 0. The molecule has 2 aliphatic heterocycles. The molecular formula is C10H8ClN3O. The molecule has 1 saturated heterocycles. The molecule has 3 rings (SSSR count). The molecule has 0 saturated carbocycles. The van der Waals surface area contributed by atoms with Crippen molar-refractivity contribution in [2.75, 3.05) is 0 Å². The topological polar surface area (TPSA) is 58.0 Å². The third-order valence-electron chi connectivity index (χ3n) is 3.01. The van der Waals surface area contributed by atoms with Crippen molar-refractivity contribution in [3.05, 3.63) is 45.8 Å². The summed E-state index contributed by atoms with van der Waals surface area (Å²) in [5.74, 6) is 0. The van der Waals surface area contributed by atoms with Gasteiger partial charge in [-0.2, -0.15) is 0 Å². The third-order valence-corrected chi connectivity index (χ3v) is 3.50. The first kappa shape index (κ1) is 9.04. The zero-order valence-electron chi connectivity index (χ0n) is 7.75. The van der Waals surface area contributed by atoms with E-state index in [1.807, 2.05) is 24.3 Å². The fourth-order valence-electron chi connectivity index (χ4n) is 2.37. The normalized spacial score (nSPS) is 36.1. The highest BCUT2D eigenvalue weighted by molar-refractivity contribution is 6.22. The first-order valence-corrected chi connectivity index (χ1v) is 5.19. The van der Waals surface area contributed by atoms with Gasteiger partial charge < -0.3 is 4.74 Å². The quantitative estimate of drug-likeness (QED) is 0.311. The minimum absolute atomic E-state index is 0.122. The minimum atomic E-state index is -0.281. The fourth-order valence-corrected chi connectivity index (χ4v) is 2.75. The zero-order chi connectivity index (χ0) is 10.4. The number of alkyl halides is 1. The number of ether oxygens (including phenoxy) is 1. The first-order chi connectivity index (χ1) is 7.33. The van der Waals surface area contributed by atoms with Gasteiger partial charge >= 0.3 is 0 Å². The van der Waals surface area contributed by atoms with E-state index in [0.717, 1.165) is 11.1 Å². The van der Waals surface area contributed by atoms with E-state index in [1.54, 1.807) is 0 Å². The van der Waals surface area contributed by atoms with E-state index in [4.69, 9.17) is 21.9 Å². The van der Waals surface area contributed by atoms with Crippen molar-refractivity contribution in [2.24, 2.45) is 5.11 Å². The van der Waals surface area contributed by atoms with Gasteiger partial charge in [0, 0.05) is 4.91 Å². The van der Waals surface area contributed by atoms with Gasteiger partial charge in [0.2, 0.25) is 0 Å². The molecule has 2 heterocycles. The number of nitrogens with zero attached hydrogens (tertiary/aromatic N) is 3. The summed E-state index contributed by atoms with van der Waals surface area (Å²) >= 11 is 6.19. The molecule has 0 aromatic heterocycles. The molecule has 0 amide bonds.